The number of amides is 1. The third kappa shape index (κ3) is 3.39. The molecule has 2 aromatic rings. The maximum absolute atomic E-state index is 12.0. The van der Waals surface area contributed by atoms with Crippen LogP contribution in [0.2, 0.25) is 0 Å². The average molecular weight is 289 g/mol. The largest absolute Gasteiger partial charge is 0.478 e. The molecule has 0 bridgehead atoms. The van der Waals surface area contributed by atoms with E-state index in [0.29, 0.717) is 23.1 Å². The zero-order valence-electron chi connectivity index (χ0n) is 12.6. The number of fused-ring (bicyclic) bond motifs is 1. The zero-order chi connectivity index (χ0) is 15.8. The Hall–Kier alpha value is -2.37. The summed E-state index contributed by atoms with van der Waals surface area (Å²) in [4.78, 5) is 27.5. The SMILES string of the molecule is Cn1cnc2cc(NC(=O)CC(C)(C)C)cc(C(=O)O)c21. The van der Waals surface area contributed by atoms with Crippen molar-refractivity contribution < 1.29 is 14.7 Å². The Morgan fingerprint density at radius 1 is 1.33 bits per heavy atom. The van der Waals surface area contributed by atoms with Crippen LogP contribution in [0, 0.1) is 5.41 Å². The molecular formula is C15H19N3O3. The van der Waals surface area contributed by atoms with E-state index in [1.54, 1.807) is 24.0 Å². The minimum Gasteiger partial charge on any atom is -0.478 e. The highest BCUT2D eigenvalue weighted by atomic mass is 16.4. The molecule has 1 aromatic heterocycles. The van der Waals surface area contributed by atoms with Crippen molar-refractivity contribution in [2.75, 3.05) is 5.32 Å². The van der Waals surface area contributed by atoms with Gasteiger partial charge in [0.1, 0.15) is 0 Å². The number of aromatic carboxylic acids is 1. The second-order valence-corrected chi connectivity index (χ2v) is 6.34. The molecule has 2 rings (SSSR count). The van der Waals surface area contributed by atoms with Gasteiger partial charge in [0.2, 0.25) is 5.91 Å². The van der Waals surface area contributed by atoms with Crippen molar-refractivity contribution in [3.8, 4) is 0 Å². The summed E-state index contributed by atoms with van der Waals surface area (Å²) >= 11 is 0. The van der Waals surface area contributed by atoms with Crippen LogP contribution in [0.3, 0.4) is 0 Å². The molecule has 6 heteroatoms. The molecular weight excluding hydrogens is 270 g/mol. The van der Waals surface area contributed by atoms with Crippen molar-refractivity contribution in [2.45, 2.75) is 27.2 Å². The van der Waals surface area contributed by atoms with Gasteiger partial charge in [-0.1, -0.05) is 20.8 Å². The number of aromatic nitrogens is 2. The quantitative estimate of drug-likeness (QED) is 0.909. The van der Waals surface area contributed by atoms with Crippen LogP contribution in [0.25, 0.3) is 11.0 Å². The molecule has 0 aliphatic heterocycles. The number of carboxylic acid groups (broad SMARTS) is 1. The number of aryl methyl sites for hydroxylation is 1. The minimum atomic E-state index is -1.05. The summed E-state index contributed by atoms with van der Waals surface area (Å²) in [5.41, 5.74) is 1.53. The molecule has 0 unspecified atom stereocenters. The number of carbonyl (C=O) groups is 2. The monoisotopic (exact) mass is 289 g/mol. The number of nitrogens with one attached hydrogen (secondary N) is 1. The number of imidazole rings is 1. The maximum Gasteiger partial charge on any atom is 0.337 e. The van der Waals surface area contributed by atoms with Gasteiger partial charge in [0.05, 0.1) is 22.9 Å². The lowest BCUT2D eigenvalue weighted by atomic mass is 9.92. The van der Waals surface area contributed by atoms with Crippen molar-refractivity contribution in [3.05, 3.63) is 24.0 Å². The molecule has 0 saturated carbocycles. The van der Waals surface area contributed by atoms with Gasteiger partial charge in [0.15, 0.2) is 0 Å². The van der Waals surface area contributed by atoms with Crippen LogP contribution >= 0.6 is 0 Å². The number of benzene rings is 1. The Morgan fingerprint density at radius 3 is 2.57 bits per heavy atom. The first-order chi connectivity index (χ1) is 9.67. The van der Waals surface area contributed by atoms with E-state index in [0.717, 1.165) is 0 Å². The topological polar surface area (TPSA) is 84.2 Å². The molecule has 1 amide bonds. The van der Waals surface area contributed by atoms with Crippen LogP contribution < -0.4 is 5.32 Å². The Bertz CT molecular complexity index is 711. The van der Waals surface area contributed by atoms with Gasteiger partial charge < -0.3 is 15.0 Å². The van der Waals surface area contributed by atoms with Gasteiger partial charge in [0, 0.05) is 19.2 Å². The number of nitrogens with zero attached hydrogens (tertiary/aromatic N) is 2. The van der Waals surface area contributed by atoms with Gasteiger partial charge in [-0.05, 0) is 17.5 Å². The first-order valence-electron chi connectivity index (χ1n) is 6.65. The molecule has 1 aromatic carbocycles. The minimum absolute atomic E-state index is 0.124. The summed E-state index contributed by atoms with van der Waals surface area (Å²) < 4.78 is 1.65. The van der Waals surface area contributed by atoms with Crippen LogP contribution in [0.1, 0.15) is 37.6 Å². The molecule has 0 radical (unpaired) electrons. The molecule has 0 aliphatic rings. The highest BCUT2D eigenvalue weighted by Gasteiger charge is 2.18. The van der Waals surface area contributed by atoms with Gasteiger partial charge in [-0.15, -0.1) is 0 Å². The van der Waals surface area contributed by atoms with Gasteiger partial charge in [-0.25, -0.2) is 9.78 Å². The molecule has 6 nitrogen and oxygen atoms in total. The fraction of sp³-hybridized carbons (Fsp3) is 0.400. The van der Waals surface area contributed by atoms with Crippen LogP contribution in [0.4, 0.5) is 5.69 Å². The van der Waals surface area contributed by atoms with Gasteiger partial charge in [-0.3, -0.25) is 4.79 Å². The van der Waals surface area contributed by atoms with Crippen LogP contribution in [-0.4, -0.2) is 26.5 Å². The van der Waals surface area contributed by atoms with Gasteiger partial charge >= 0.3 is 5.97 Å². The molecule has 2 N–H and O–H groups in total. The first-order valence-corrected chi connectivity index (χ1v) is 6.65. The van der Waals surface area contributed by atoms with Crippen molar-refractivity contribution in [1.82, 2.24) is 9.55 Å². The van der Waals surface area contributed by atoms with Crippen LogP contribution in [0.15, 0.2) is 18.5 Å². The first kappa shape index (κ1) is 15.0. The third-order valence-corrected chi connectivity index (χ3v) is 3.02. The van der Waals surface area contributed by atoms with Crippen molar-refractivity contribution >= 4 is 28.6 Å². The molecule has 21 heavy (non-hydrogen) atoms. The Labute approximate surface area is 122 Å². The van der Waals surface area contributed by atoms with E-state index < -0.39 is 5.97 Å². The fourth-order valence-corrected chi connectivity index (χ4v) is 2.22. The summed E-state index contributed by atoms with van der Waals surface area (Å²) in [7, 11) is 1.74. The third-order valence-electron chi connectivity index (χ3n) is 3.02. The van der Waals surface area contributed by atoms with Crippen molar-refractivity contribution in [2.24, 2.45) is 12.5 Å². The Kier molecular flexibility index (Phi) is 3.72. The van der Waals surface area contributed by atoms with Gasteiger partial charge in [-0.2, -0.15) is 0 Å². The molecule has 0 fully saturated rings. The predicted molar refractivity (Wildman–Crippen MR) is 80.4 cm³/mol. The number of carbonyl (C=O) groups excluding carboxylic acids is 1. The molecule has 0 aliphatic carbocycles. The average Bonchev–Trinajstić information content (AvgIpc) is 2.67. The summed E-state index contributed by atoms with van der Waals surface area (Å²) in [6.45, 7) is 5.91. The number of hydrogen-bond acceptors (Lipinski definition) is 3. The molecule has 0 spiro atoms. The second kappa shape index (κ2) is 5.20. The van der Waals surface area contributed by atoms with Gasteiger partial charge in [0.25, 0.3) is 0 Å². The molecule has 0 saturated heterocycles. The summed E-state index contributed by atoms with van der Waals surface area (Å²) in [5, 5.41) is 12.1. The van der Waals surface area contributed by atoms with Crippen molar-refractivity contribution in [3.63, 3.8) is 0 Å². The Balaban J connectivity index is 2.38. The lowest BCUT2D eigenvalue weighted by Crippen LogP contribution is -2.19. The van der Waals surface area contributed by atoms with E-state index in [1.165, 1.54) is 6.07 Å². The molecule has 112 valence electrons. The normalized spacial score (nSPS) is 11.6. The molecule has 0 atom stereocenters. The fourth-order valence-electron chi connectivity index (χ4n) is 2.22. The van der Waals surface area contributed by atoms with E-state index in [4.69, 9.17) is 0 Å². The maximum atomic E-state index is 12.0. The van der Waals surface area contributed by atoms with E-state index in [9.17, 15) is 14.7 Å². The van der Waals surface area contributed by atoms with Crippen molar-refractivity contribution in [1.29, 1.82) is 0 Å². The van der Waals surface area contributed by atoms with E-state index >= 15 is 0 Å². The summed E-state index contributed by atoms with van der Waals surface area (Å²) in [6.07, 6.45) is 1.91. The number of carboxylic acids is 1. The summed E-state index contributed by atoms with van der Waals surface area (Å²) in [6, 6.07) is 3.15. The second-order valence-electron chi connectivity index (χ2n) is 6.34. The smallest absolute Gasteiger partial charge is 0.337 e. The number of anilines is 1. The summed E-state index contributed by atoms with van der Waals surface area (Å²) in [5.74, 6) is -1.19. The highest BCUT2D eigenvalue weighted by Crippen LogP contribution is 2.24. The lowest BCUT2D eigenvalue weighted by Gasteiger charge is -2.17. The molecule has 1 heterocycles. The van der Waals surface area contributed by atoms with Crippen LogP contribution in [-0.2, 0) is 11.8 Å². The number of rotatable bonds is 3. The van der Waals surface area contributed by atoms with E-state index in [-0.39, 0.29) is 16.9 Å². The zero-order valence-corrected chi connectivity index (χ0v) is 12.6. The predicted octanol–water partition coefficient (Wildman–Crippen LogP) is 2.65. The standard InChI is InChI=1S/C15H19N3O3/c1-15(2,3)7-12(19)17-9-5-10(14(20)21)13-11(6-9)16-8-18(13)4/h5-6,8H,7H2,1-4H3,(H,17,19)(H,20,21). The van der Waals surface area contributed by atoms with E-state index in [2.05, 4.69) is 10.3 Å². The lowest BCUT2D eigenvalue weighted by molar-refractivity contribution is -0.117. The Morgan fingerprint density at radius 2 is 2.00 bits per heavy atom. The van der Waals surface area contributed by atoms with Crippen LogP contribution in [0.5, 0.6) is 0 Å². The van der Waals surface area contributed by atoms with E-state index in [1.807, 2.05) is 20.8 Å². The number of hydrogen-bond donors (Lipinski definition) is 2. The highest BCUT2D eigenvalue weighted by molar-refractivity contribution is 6.04.